The standard InChI is InChI=1S/C24H32N4O2S/c1-3-19(23(29)25-13-10-16-27-14-8-4-5-9-15-27)28-24(30)21-18-11-6-7-12-20(18)31-22(21)17(2)26-28/h6-7,11-12,19H,3-5,8-10,13-16H2,1-2H3,(H,25,29)/t19-/m1/s1. The Morgan fingerprint density at radius 3 is 2.68 bits per heavy atom. The molecule has 1 amide bonds. The summed E-state index contributed by atoms with van der Waals surface area (Å²) in [7, 11) is 0. The van der Waals surface area contributed by atoms with Crippen molar-refractivity contribution in [2.75, 3.05) is 26.2 Å². The first kappa shape index (κ1) is 22.0. The average molecular weight is 441 g/mol. The maximum Gasteiger partial charge on any atom is 0.276 e. The van der Waals surface area contributed by atoms with Gasteiger partial charge in [0.25, 0.3) is 5.56 Å². The topological polar surface area (TPSA) is 67.2 Å². The van der Waals surface area contributed by atoms with Crippen molar-refractivity contribution in [3.8, 4) is 0 Å². The molecule has 7 heteroatoms. The fraction of sp³-hybridized carbons (Fsp3) is 0.542. The van der Waals surface area contributed by atoms with Gasteiger partial charge in [-0.3, -0.25) is 9.59 Å². The number of carbonyl (C=O) groups is 1. The number of aryl methyl sites for hydroxylation is 1. The van der Waals surface area contributed by atoms with E-state index < -0.39 is 6.04 Å². The fourth-order valence-electron chi connectivity index (χ4n) is 4.55. The highest BCUT2D eigenvalue weighted by atomic mass is 32.1. The number of amides is 1. The van der Waals surface area contributed by atoms with E-state index in [4.69, 9.17) is 0 Å². The molecule has 0 bridgehead atoms. The first-order chi connectivity index (χ1) is 15.1. The lowest BCUT2D eigenvalue weighted by atomic mass is 10.1. The van der Waals surface area contributed by atoms with Crippen LogP contribution in [0.4, 0.5) is 0 Å². The van der Waals surface area contributed by atoms with Gasteiger partial charge in [-0.15, -0.1) is 11.3 Å². The highest BCUT2D eigenvalue weighted by Crippen LogP contribution is 2.33. The maximum atomic E-state index is 13.4. The van der Waals surface area contributed by atoms with Gasteiger partial charge in [0, 0.05) is 16.6 Å². The molecule has 2 aromatic heterocycles. The van der Waals surface area contributed by atoms with E-state index in [1.807, 2.05) is 38.1 Å². The monoisotopic (exact) mass is 440 g/mol. The van der Waals surface area contributed by atoms with Crippen LogP contribution < -0.4 is 10.9 Å². The van der Waals surface area contributed by atoms with Gasteiger partial charge in [0.2, 0.25) is 5.91 Å². The number of nitrogens with zero attached hydrogens (tertiary/aromatic N) is 3. The van der Waals surface area contributed by atoms with Crippen LogP contribution in [0, 0.1) is 6.92 Å². The first-order valence-corrected chi connectivity index (χ1v) is 12.3. The number of likely N-dealkylation sites (tertiary alicyclic amines) is 1. The molecule has 166 valence electrons. The Labute approximate surface area is 187 Å². The lowest BCUT2D eigenvalue weighted by molar-refractivity contribution is -0.124. The van der Waals surface area contributed by atoms with Gasteiger partial charge >= 0.3 is 0 Å². The molecule has 0 radical (unpaired) electrons. The van der Waals surface area contributed by atoms with Gasteiger partial charge in [-0.2, -0.15) is 5.10 Å². The summed E-state index contributed by atoms with van der Waals surface area (Å²) in [4.78, 5) is 28.8. The number of thiophene rings is 1. The normalized spacial score (nSPS) is 16.5. The maximum absolute atomic E-state index is 13.4. The quantitative estimate of drug-likeness (QED) is 0.558. The Morgan fingerprint density at radius 2 is 1.94 bits per heavy atom. The fourth-order valence-corrected chi connectivity index (χ4v) is 5.69. The number of hydrogen-bond donors (Lipinski definition) is 1. The number of fused-ring (bicyclic) bond motifs is 3. The highest BCUT2D eigenvalue weighted by Gasteiger charge is 2.24. The molecule has 0 spiro atoms. The van der Waals surface area contributed by atoms with Gasteiger partial charge < -0.3 is 10.2 Å². The lowest BCUT2D eigenvalue weighted by Crippen LogP contribution is -2.39. The summed E-state index contributed by atoms with van der Waals surface area (Å²) in [5.74, 6) is -0.119. The molecular weight excluding hydrogens is 408 g/mol. The van der Waals surface area contributed by atoms with E-state index in [1.54, 1.807) is 11.3 Å². The first-order valence-electron chi connectivity index (χ1n) is 11.5. The molecule has 1 fully saturated rings. The van der Waals surface area contributed by atoms with Gasteiger partial charge in [0.15, 0.2) is 0 Å². The van der Waals surface area contributed by atoms with Crippen LogP contribution in [0.2, 0.25) is 0 Å². The Kier molecular flexibility index (Phi) is 7.02. The van der Waals surface area contributed by atoms with E-state index in [9.17, 15) is 9.59 Å². The van der Waals surface area contributed by atoms with Crippen LogP contribution in [0.15, 0.2) is 29.1 Å². The summed E-state index contributed by atoms with van der Waals surface area (Å²) in [6.45, 7) is 7.82. The predicted molar refractivity (Wildman–Crippen MR) is 128 cm³/mol. The van der Waals surface area contributed by atoms with Gasteiger partial charge in [0.1, 0.15) is 6.04 Å². The van der Waals surface area contributed by atoms with E-state index in [2.05, 4.69) is 15.3 Å². The summed E-state index contributed by atoms with van der Waals surface area (Å²) >= 11 is 1.59. The molecule has 31 heavy (non-hydrogen) atoms. The number of nitrogens with one attached hydrogen (secondary N) is 1. The van der Waals surface area contributed by atoms with Crippen LogP contribution >= 0.6 is 11.3 Å². The minimum Gasteiger partial charge on any atom is -0.354 e. The summed E-state index contributed by atoms with van der Waals surface area (Å²) in [5.41, 5.74) is 0.618. The molecule has 0 saturated carbocycles. The molecule has 1 N–H and O–H groups in total. The van der Waals surface area contributed by atoms with Crippen LogP contribution in [-0.4, -0.2) is 46.8 Å². The Morgan fingerprint density at radius 1 is 1.19 bits per heavy atom. The van der Waals surface area contributed by atoms with Crippen molar-refractivity contribution >= 4 is 37.4 Å². The van der Waals surface area contributed by atoms with Crippen molar-refractivity contribution < 1.29 is 4.79 Å². The number of benzene rings is 1. The van der Waals surface area contributed by atoms with E-state index in [0.717, 1.165) is 33.4 Å². The van der Waals surface area contributed by atoms with Crippen LogP contribution in [0.3, 0.4) is 0 Å². The summed E-state index contributed by atoms with van der Waals surface area (Å²) < 4.78 is 3.39. The second-order valence-electron chi connectivity index (χ2n) is 8.46. The Balaban J connectivity index is 1.49. The zero-order chi connectivity index (χ0) is 21.8. The molecule has 1 aromatic carbocycles. The molecule has 1 aliphatic heterocycles. The van der Waals surface area contributed by atoms with Gasteiger partial charge in [-0.25, -0.2) is 4.68 Å². The van der Waals surface area contributed by atoms with Crippen molar-refractivity contribution in [1.82, 2.24) is 20.0 Å². The summed E-state index contributed by atoms with van der Waals surface area (Å²) in [6, 6.07) is 7.34. The minimum absolute atomic E-state index is 0.119. The number of aromatic nitrogens is 2. The number of rotatable bonds is 7. The van der Waals surface area contributed by atoms with Crippen LogP contribution in [0.5, 0.6) is 0 Å². The van der Waals surface area contributed by atoms with E-state index in [1.165, 1.54) is 43.5 Å². The van der Waals surface area contributed by atoms with Crippen LogP contribution in [-0.2, 0) is 4.79 Å². The molecule has 1 atom stereocenters. The minimum atomic E-state index is -0.590. The molecule has 0 unspecified atom stereocenters. The second-order valence-corrected chi connectivity index (χ2v) is 9.51. The van der Waals surface area contributed by atoms with Gasteiger partial charge in [0.05, 0.1) is 15.8 Å². The van der Waals surface area contributed by atoms with E-state index >= 15 is 0 Å². The number of hydrogen-bond acceptors (Lipinski definition) is 5. The SMILES string of the molecule is CC[C@H](C(=O)NCCCN1CCCCCC1)n1nc(C)c2sc3ccccc3c2c1=O. The van der Waals surface area contributed by atoms with Crippen LogP contribution in [0.1, 0.15) is 57.2 Å². The smallest absolute Gasteiger partial charge is 0.276 e. The van der Waals surface area contributed by atoms with Crippen molar-refractivity contribution in [2.24, 2.45) is 0 Å². The third kappa shape index (κ3) is 4.67. The summed E-state index contributed by atoms with van der Waals surface area (Å²) in [5, 5.41) is 9.22. The van der Waals surface area contributed by atoms with Crippen molar-refractivity contribution in [3.63, 3.8) is 0 Å². The van der Waals surface area contributed by atoms with Gasteiger partial charge in [-0.05, 0) is 58.3 Å². The summed E-state index contributed by atoms with van der Waals surface area (Å²) in [6.07, 6.45) is 6.66. The largest absolute Gasteiger partial charge is 0.354 e. The van der Waals surface area contributed by atoms with Crippen molar-refractivity contribution in [2.45, 2.75) is 58.4 Å². The molecule has 3 aromatic rings. The van der Waals surface area contributed by atoms with Crippen molar-refractivity contribution in [1.29, 1.82) is 0 Å². The zero-order valence-electron chi connectivity index (χ0n) is 18.5. The molecule has 0 aliphatic carbocycles. The molecule has 1 aliphatic rings. The Hall–Kier alpha value is -2.25. The van der Waals surface area contributed by atoms with Gasteiger partial charge in [-0.1, -0.05) is 38.0 Å². The highest BCUT2D eigenvalue weighted by molar-refractivity contribution is 7.26. The second kappa shape index (κ2) is 9.92. The van der Waals surface area contributed by atoms with Crippen molar-refractivity contribution in [3.05, 3.63) is 40.3 Å². The Bertz CT molecular complexity index is 1110. The average Bonchev–Trinajstić information content (AvgIpc) is 2.98. The molecular formula is C24H32N4O2S. The zero-order valence-corrected chi connectivity index (χ0v) is 19.3. The molecule has 4 rings (SSSR count). The third-order valence-electron chi connectivity index (χ3n) is 6.24. The third-order valence-corrected chi connectivity index (χ3v) is 7.52. The van der Waals surface area contributed by atoms with Crippen LogP contribution in [0.25, 0.3) is 20.2 Å². The number of carbonyl (C=O) groups excluding carboxylic acids is 1. The van der Waals surface area contributed by atoms with E-state index in [-0.39, 0.29) is 11.5 Å². The lowest BCUT2D eigenvalue weighted by Gasteiger charge is -2.21. The molecule has 6 nitrogen and oxygen atoms in total. The molecule has 1 saturated heterocycles. The molecule has 3 heterocycles. The van der Waals surface area contributed by atoms with E-state index in [0.29, 0.717) is 18.4 Å². The predicted octanol–water partition coefficient (Wildman–Crippen LogP) is 4.25.